The second kappa shape index (κ2) is 8.43. The zero-order chi connectivity index (χ0) is 15.0. The first-order valence-electron chi connectivity index (χ1n) is 6.84. The van der Waals surface area contributed by atoms with Crippen LogP contribution in [-0.2, 0) is 4.79 Å². The first kappa shape index (κ1) is 16.3. The van der Waals surface area contributed by atoms with Crippen molar-refractivity contribution in [3.8, 4) is 11.5 Å². The smallest absolute Gasteiger partial charge is 0.237 e. The molecule has 0 radical (unpaired) electrons. The number of nitrogens with two attached hydrogens (primary N) is 1. The lowest BCUT2D eigenvalue weighted by Crippen LogP contribution is -2.44. The molecule has 112 valence electrons. The molecule has 0 aromatic heterocycles. The van der Waals surface area contributed by atoms with Crippen LogP contribution in [0.3, 0.4) is 0 Å². The maximum Gasteiger partial charge on any atom is 0.237 e. The number of carbonyl (C=O) groups excluding carboxylic acids is 1. The third-order valence-electron chi connectivity index (χ3n) is 2.97. The molecule has 1 aromatic carbocycles. The van der Waals surface area contributed by atoms with E-state index in [1.54, 1.807) is 7.11 Å². The molecule has 1 rings (SSSR count). The number of carbonyl (C=O) groups is 1. The molecule has 1 aromatic rings. The standard InChI is InChI=1S/C15H24N2O3/c1-11(2)14(16)15(18)17-9-4-10-20-13-7-5-12(19-3)6-8-13/h5-8,11,14H,4,9-10,16H2,1-3H3,(H,17,18)/t14-/m0/s1. The van der Waals surface area contributed by atoms with Crippen molar-refractivity contribution in [2.45, 2.75) is 26.3 Å². The van der Waals surface area contributed by atoms with E-state index in [1.165, 1.54) is 0 Å². The Morgan fingerprint density at radius 2 is 1.85 bits per heavy atom. The Balaban J connectivity index is 2.17. The minimum absolute atomic E-state index is 0.107. The largest absolute Gasteiger partial charge is 0.497 e. The average Bonchev–Trinajstić information content (AvgIpc) is 2.46. The molecule has 0 fully saturated rings. The summed E-state index contributed by atoms with van der Waals surface area (Å²) in [7, 11) is 1.63. The SMILES string of the molecule is COc1ccc(OCCCNC(=O)[C@@H](N)C(C)C)cc1. The number of rotatable bonds is 8. The average molecular weight is 280 g/mol. The van der Waals surface area contributed by atoms with Crippen LogP contribution in [0.4, 0.5) is 0 Å². The van der Waals surface area contributed by atoms with Crippen LogP contribution in [0.15, 0.2) is 24.3 Å². The predicted octanol–water partition coefficient (Wildman–Crippen LogP) is 1.56. The van der Waals surface area contributed by atoms with Gasteiger partial charge in [-0.15, -0.1) is 0 Å². The van der Waals surface area contributed by atoms with Crippen LogP contribution in [0.25, 0.3) is 0 Å². The monoisotopic (exact) mass is 280 g/mol. The van der Waals surface area contributed by atoms with Crippen LogP contribution in [0, 0.1) is 5.92 Å². The predicted molar refractivity (Wildman–Crippen MR) is 78.9 cm³/mol. The summed E-state index contributed by atoms with van der Waals surface area (Å²) in [6.45, 7) is 4.97. The summed E-state index contributed by atoms with van der Waals surface area (Å²) >= 11 is 0. The zero-order valence-electron chi connectivity index (χ0n) is 12.4. The van der Waals surface area contributed by atoms with Crippen LogP contribution in [0.1, 0.15) is 20.3 Å². The minimum Gasteiger partial charge on any atom is -0.497 e. The second-order valence-corrected chi connectivity index (χ2v) is 4.94. The van der Waals surface area contributed by atoms with E-state index in [9.17, 15) is 4.79 Å². The van der Waals surface area contributed by atoms with E-state index in [2.05, 4.69) is 5.32 Å². The lowest BCUT2D eigenvalue weighted by Gasteiger charge is -2.15. The van der Waals surface area contributed by atoms with E-state index >= 15 is 0 Å². The Morgan fingerprint density at radius 3 is 2.40 bits per heavy atom. The van der Waals surface area contributed by atoms with Gasteiger partial charge in [-0.2, -0.15) is 0 Å². The molecule has 3 N–H and O–H groups in total. The summed E-state index contributed by atoms with van der Waals surface area (Å²) in [5.74, 6) is 1.62. The highest BCUT2D eigenvalue weighted by Crippen LogP contribution is 2.16. The molecule has 0 spiro atoms. The highest BCUT2D eigenvalue weighted by molar-refractivity contribution is 5.81. The van der Waals surface area contributed by atoms with Crippen molar-refractivity contribution in [1.29, 1.82) is 0 Å². The van der Waals surface area contributed by atoms with Gasteiger partial charge in [-0.1, -0.05) is 13.8 Å². The molecule has 1 atom stereocenters. The van der Waals surface area contributed by atoms with Crippen LogP contribution in [0.2, 0.25) is 0 Å². The minimum atomic E-state index is -0.447. The molecular weight excluding hydrogens is 256 g/mol. The van der Waals surface area contributed by atoms with Crippen molar-refractivity contribution in [2.24, 2.45) is 11.7 Å². The van der Waals surface area contributed by atoms with Gasteiger partial charge >= 0.3 is 0 Å². The van der Waals surface area contributed by atoms with E-state index in [1.807, 2.05) is 38.1 Å². The van der Waals surface area contributed by atoms with Gasteiger partial charge in [0.05, 0.1) is 19.8 Å². The fourth-order valence-electron chi connectivity index (χ4n) is 1.57. The summed E-state index contributed by atoms with van der Waals surface area (Å²) in [5.41, 5.74) is 5.74. The van der Waals surface area contributed by atoms with Crippen molar-refractivity contribution in [2.75, 3.05) is 20.3 Å². The molecule has 1 amide bonds. The number of ether oxygens (including phenoxy) is 2. The van der Waals surface area contributed by atoms with Crippen LogP contribution < -0.4 is 20.5 Å². The van der Waals surface area contributed by atoms with Crippen LogP contribution in [0.5, 0.6) is 11.5 Å². The van der Waals surface area contributed by atoms with Crippen LogP contribution in [-0.4, -0.2) is 32.2 Å². The topological polar surface area (TPSA) is 73.6 Å². The molecule has 0 saturated carbocycles. The summed E-state index contributed by atoms with van der Waals surface area (Å²) < 4.78 is 10.6. The molecule has 0 saturated heterocycles. The molecule has 0 aliphatic rings. The Labute approximate surface area is 120 Å². The lowest BCUT2D eigenvalue weighted by molar-refractivity contribution is -0.123. The number of hydrogen-bond acceptors (Lipinski definition) is 4. The molecule has 0 heterocycles. The number of benzene rings is 1. The molecule has 5 heteroatoms. The van der Waals surface area contributed by atoms with Crippen molar-refractivity contribution >= 4 is 5.91 Å². The fraction of sp³-hybridized carbons (Fsp3) is 0.533. The highest BCUT2D eigenvalue weighted by atomic mass is 16.5. The van der Waals surface area contributed by atoms with Gasteiger partial charge in [-0.05, 0) is 36.6 Å². The Morgan fingerprint density at radius 1 is 1.25 bits per heavy atom. The van der Waals surface area contributed by atoms with Gasteiger partial charge < -0.3 is 20.5 Å². The third kappa shape index (κ3) is 5.48. The molecule has 20 heavy (non-hydrogen) atoms. The number of nitrogens with one attached hydrogen (secondary N) is 1. The summed E-state index contributed by atoms with van der Waals surface area (Å²) in [5, 5.41) is 2.80. The van der Waals surface area contributed by atoms with E-state index < -0.39 is 6.04 Å². The molecule has 5 nitrogen and oxygen atoms in total. The van der Waals surface area contributed by atoms with E-state index in [0.717, 1.165) is 17.9 Å². The maximum atomic E-state index is 11.6. The fourth-order valence-corrected chi connectivity index (χ4v) is 1.57. The Hall–Kier alpha value is -1.75. The van der Waals surface area contributed by atoms with Gasteiger partial charge in [0, 0.05) is 6.54 Å². The molecule has 0 bridgehead atoms. The van der Waals surface area contributed by atoms with Crippen molar-refractivity contribution in [1.82, 2.24) is 5.32 Å². The highest BCUT2D eigenvalue weighted by Gasteiger charge is 2.15. The molecule has 0 unspecified atom stereocenters. The normalized spacial score (nSPS) is 12.1. The quantitative estimate of drug-likeness (QED) is 0.709. The molecular formula is C15H24N2O3. The van der Waals surface area contributed by atoms with Crippen LogP contribution >= 0.6 is 0 Å². The lowest BCUT2D eigenvalue weighted by atomic mass is 10.1. The second-order valence-electron chi connectivity index (χ2n) is 4.94. The third-order valence-corrected chi connectivity index (χ3v) is 2.97. The first-order chi connectivity index (χ1) is 9.54. The number of hydrogen-bond donors (Lipinski definition) is 2. The van der Waals surface area contributed by atoms with Gasteiger partial charge in [-0.3, -0.25) is 4.79 Å². The van der Waals surface area contributed by atoms with E-state index in [0.29, 0.717) is 13.2 Å². The molecule has 0 aliphatic heterocycles. The zero-order valence-corrected chi connectivity index (χ0v) is 12.4. The summed E-state index contributed by atoms with van der Waals surface area (Å²) in [4.78, 5) is 11.6. The number of methoxy groups -OCH3 is 1. The number of amides is 1. The summed E-state index contributed by atoms with van der Waals surface area (Å²) in [6, 6.07) is 6.95. The Bertz CT molecular complexity index is 404. The van der Waals surface area contributed by atoms with E-state index in [-0.39, 0.29) is 11.8 Å². The van der Waals surface area contributed by atoms with Gasteiger partial charge in [-0.25, -0.2) is 0 Å². The van der Waals surface area contributed by atoms with E-state index in [4.69, 9.17) is 15.2 Å². The maximum absolute atomic E-state index is 11.6. The van der Waals surface area contributed by atoms with Gasteiger partial charge in [0.25, 0.3) is 0 Å². The van der Waals surface area contributed by atoms with Crippen molar-refractivity contribution < 1.29 is 14.3 Å². The Kier molecular flexibility index (Phi) is 6.87. The van der Waals surface area contributed by atoms with Gasteiger partial charge in [0.2, 0.25) is 5.91 Å². The first-order valence-corrected chi connectivity index (χ1v) is 6.84. The summed E-state index contributed by atoms with van der Waals surface area (Å²) in [6.07, 6.45) is 0.739. The molecule has 0 aliphatic carbocycles. The van der Waals surface area contributed by atoms with Gasteiger partial charge in [0.1, 0.15) is 11.5 Å². The van der Waals surface area contributed by atoms with Crippen molar-refractivity contribution in [3.05, 3.63) is 24.3 Å². The van der Waals surface area contributed by atoms with Gasteiger partial charge in [0.15, 0.2) is 0 Å². The van der Waals surface area contributed by atoms with Crippen molar-refractivity contribution in [3.63, 3.8) is 0 Å².